The van der Waals surface area contributed by atoms with E-state index in [9.17, 15) is 17.6 Å². The molecule has 0 aliphatic rings. The lowest BCUT2D eigenvalue weighted by atomic mass is 10.3. The molecule has 0 bridgehead atoms. The van der Waals surface area contributed by atoms with E-state index in [0.717, 1.165) is 15.9 Å². The second kappa shape index (κ2) is 7.26. The number of alkyl halides is 4. The van der Waals surface area contributed by atoms with Crippen LogP contribution in [0.1, 0.15) is 41.5 Å². The van der Waals surface area contributed by atoms with Crippen LogP contribution in [0.25, 0.3) is 17.2 Å². The summed E-state index contributed by atoms with van der Waals surface area (Å²) in [6.07, 6.45) is -5.59. The third kappa shape index (κ3) is 3.69. The van der Waals surface area contributed by atoms with E-state index in [2.05, 4.69) is 25.4 Å². The molecule has 0 fully saturated rings. The van der Waals surface area contributed by atoms with Gasteiger partial charge in [-0.25, -0.2) is 27.1 Å². The fourth-order valence-electron chi connectivity index (χ4n) is 2.95. The smallest absolute Gasteiger partial charge is 0.280 e. The maximum atomic E-state index is 13.3. The molecular weight excluding hydrogens is 394 g/mol. The Morgan fingerprint density at radius 1 is 1.00 bits per heavy atom. The molecule has 0 aliphatic heterocycles. The predicted molar refractivity (Wildman–Crippen MR) is 91.6 cm³/mol. The summed E-state index contributed by atoms with van der Waals surface area (Å²) in [5, 5.41) is 16.1. The van der Waals surface area contributed by atoms with Gasteiger partial charge in [-0.3, -0.25) is 4.68 Å². The van der Waals surface area contributed by atoms with Crippen molar-refractivity contribution in [2.24, 2.45) is 0 Å². The second-order valence-electron chi connectivity index (χ2n) is 6.41. The van der Waals surface area contributed by atoms with Crippen molar-refractivity contribution in [1.29, 1.82) is 0 Å². The van der Waals surface area contributed by atoms with Gasteiger partial charge in [0, 0.05) is 24.7 Å². The molecule has 0 saturated heterocycles. The Morgan fingerprint density at radius 3 is 2.45 bits per heavy atom. The average molecular weight is 409 g/mol. The summed E-state index contributed by atoms with van der Waals surface area (Å²) in [5.74, 6) is 0.289. The molecule has 0 unspecified atom stereocenters. The Morgan fingerprint density at radius 2 is 1.79 bits per heavy atom. The maximum Gasteiger partial charge on any atom is 0.280 e. The zero-order valence-corrected chi connectivity index (χ0v) is 15.4. The van der Waals surface area contributed by atoms with Crippen molar-refractivity contribution >= 4 is 5.65 Å². The fraction of sp³-hybridized carbons (Fsp3) is 0.353. The van der Waals surface area contributed by atoms with Crippen LogP contribution in [-0.2, 0) is 13.0 Å². The molecule has 29 heavy (non-hydrogen) atoms. The zero-order valence-electron chi connectivity index (χ0n) is 15.4. The van der Waals surface area contributed by atoms with E-state index < -0.39 is 24.2 Å². The highest BCUT2D eigenvalue weighted by Crippen LogP contribution is 2.27. The highest BCUT2D eigenvalue weighted by molar-refractivity contribution is 5.56. The predicted octanol–water partition coefficient (Wildman–Crippen LogP) is 3.71. The van der Waals surface area contributed by atoms with Crippen LogP contribution in [0.5, 0.6) is 0 Å². The lowest BCUT2D eigenvalue weighted by molar-refractivity contribution is 0.135. The van der Waals surface area contributed by atoms with Gasteiger partial charge in [-0.1, -0.05) is 0 Å². The van der Waals surface area contributed by atoms with Crippen molar-refractivity contribution in [1.82, 2.24) is 34.6 Å². The summed E-state index contributed by atoms with van der Waals surface area (Å²) in [6, 6.07) is 3.82. The summed E-state index contributed by atoms with van der Waals surface area (Å²) in [5.41, 5.74) is 0.342. The van der Waals surface area contributed by atoms with Crippen molar-refractivity contribution in [3.05, 3.63) is 46.9 Å². The molecule has 4 heterocycles. The lowest BCUT2D eigenvalue weighted by Crippen LogP contribution is -2.05. The molecular formula is C17H15F4N7O. The molecule has 4 aromatic heterocycles. The normalized spacial score (nSPS) is 12.0. The van der Waals surface area contributed by atoms with E-state index >= 15 is 0 Å². The summed E-state index contributed by atoms with van der Waals surface area (Å²) in [7, 11) is 0. The summed E-state index contributed by atoms with van der Waals surface area (Å²) in [4.78, 5) is 3.67. The Labute approximate surface area is 161 Å². The third-order valence-electron chi connectivity index (χ3n) is 4.25. The number of fused-ring (bicyclic) bond motifs is 1. The van der Waals surface area contributed by atoms with Gasteiger partial charge in [-0.15, -0.1) is 10.2 Å². The first-order valence-corrected chi connectivity index (χ1v) is 8.62. The van der Waals surface area contributed by atoms with Gasteiger partial charge in [0.25, 0.3) is 18.7 Å². The minimum Gasteiger partial charge on any atom is -0.419 e. The van der Waals surface area contributed by atoms with Crippen LogP contribution in [0.2, 0.25) is 0 Å². The Kier molecular flexibility index (Phi) is 4.76. The third-order valence-corrected chi connectivity index (χ3v) is 4.25. The SMILES string of the molecule is Cc1cc(C)n(CCc2nnc(-c3cc4nc(C(F)F)cc(C(F)F)n4n3)o2)n1. The van der Waals surface area contributed by atoms with Crippen LogP contribution < -0.4 is 0 Å². The van der Waals surface area contributed by atoms with Crippen molar-refractivity contribution < 1.29 is 22.0 Å². The average Bonchev–Trinajstić information content (AvgIpc) is 3.36. The molecule has 0 aliphatic carbocycles. The van der Waals surface area contributed by atoms with Crippen LogP contribution in [-0.4, -0.2) is 34.6 Å². The molecule has 0 amide bonds. The first-order chi connectivity index (χ1) is 13.8. The monoisotopic (exact) mass is 409 g/mol. The molecule has 0 spiro atoms. The van der Waals surface area contributed by atoms with Gasteiger partial charge >= 0.3 is 0 Å². The minimum atomic E-state index is -3.01. The number of hydrogen-bond donors (Lipinski definition) is 0. The quantitative estimate of drug-likeness (QED) is 0.451. The van der Waals surface area contributed by atoms with Crippen LogP contribution >= 0.6 is 0 Å². The Bertz CT molecular complexity index is 1160. The molecule has 0 aromatic carbocycles. The van der Waals surface area contributed by atoms with Crippen LogP contribution in [0.15, 0.2) is 22.6 Å². The van der Waals surface area contributed by atoms with Crippen molar-refractivity contribution in [2.45, 2.75) is 39.7 Å². The first-order valence-electron chi connectivity index (χ1n) is 8.62. The second-order valence-corrected chi connectivity index (χ2v) is 6.41. The Hall–Kier alpha value is -3.31. The van der Waals surface area contributed by atoms with Crippen molar-refractivity contribution in [2.75, 3.05) is 0 Å². The van der Waals surface area contributed by atoms with Gasteiger partial charge in [0.1, 0.15) is 11.4 Å². The molecule has 0 atom stereocenters. The van der Waals surface area contributed by atoms with Crippen molar-refractivity contribution in [3.63, 3.8) is 0 Å². The molecule has 0 saturated carbocycles. The molecule has 152 valence electrons. The van der Waals surface area contributed by atoms with E-state index in [-0.39, 0.29) is 17.2 Å². The Balaban J connectivity index is 1.62. The number of rotatable bonds is 6. The summed E-state index contributed by atoms with van der Waals surface area (Å²) in [6.45, 7) is 4.33. The minimum absolute atomic E-state index is 0.0160. The number of aryl methyl sites for hydroxylation is 4. The van der Waals surface area contributed by atoms with E-state index in [4.69, 9.17) is 4.42 Å². The largest absolute Gasteiger partial charge is 0.419 e. The molecule has 8 nitrogen and oxygen atoms in total. The topological polar surface area (TPSA) is 86.9 Å². The molecule has 4 aromatic rings. The van der Waals surface area contributed by atoms with Gasteiger partial charge in [0.2, 0.25) is 5.89 Å². The van der Waals surface area contributed by atoms with Gasteiger partial charge in [-0.2, -0.15) is 10.2 Å². The van der Waals surface area contributed by atoms with E-state index in [1.54, 1.807) is 4.68 Å². The molecule has 0 N–H and O–H groups in total. The van der Waals surface area contributed by atoms with E-state index in [1.807, 2.05) is 19.9 Å². The number of halogens is 4. The standard InChI is InChI=1S/C17H15F4N7O/c1-8-5-9(2)27(25-8)4-3-14-23-24-17(29-14)11-7-13-22-10(15(18)19)6-12(16(20)21)28(13)26-11/h5-7,15-16H,3-4H2,1-2H3. The van der Waals surface area contributed by atoms with Crippen LogP contribution in [0.4, 0.5) is 17.6 Å². The molecule has 0 radical (unpaired) electrons. The highest BCUT2D eigenvalue weighted by Gasteiger charge is 2.22. The van der Waals surface area contributed by atoms with Gasteiger partial charge in [0.05, 0.1) is 5.69 Å². The zero-order chi connectivity index (χ0) is 20.7. The lowest BCUT2D eigenvalue weighted by Gasteiger charge is -2.06. The number of hydrogen-bond acceptors (Lipinski definition) is 6. The van der Waals surface area contributed by atoms with Gasteiger partial charge in [-0.05, 0) is 26.0 Å². The van der Waals surface area contributed by atoms with Gasteiger partial charge < -0.3 is 4.42 Å². The maximum absolute atomic E-state index is 13.3. The van der Waals surface area contributed by atoms with Crippen LogP contribution in [0.3, 0.4) is 0 Å². The van der Waals surface area contributed by atoms with E-state index in [1.165, 1.54) is 6.07 Å². The van der Waals surface area contributed by atoms with E-state index in [0.29, 0.717) is 24.9 Å². The first kappa shape index (κ1) is 19.0. The number of aromatic nitrogens is 7. The molecule has 12 heteroatoms. The number of nitrogens with zero attached hydrogens (tertiary/aromatic N) is 7. The fourth-order valence-corrected chi connectivity index (χ4v) is 2.95. The van der Waals surface area contributed by atoms with Crippen molar-refractivity contribution in [3.8, 4) is 11.6 Å². The highest BCUT2D eigenvalue weighted by atomic mass is 19.3. The van der Waals surface area contributed by atoms with Crippen LogP contribution in [0, 0.1) is 13.8 Å². The summed E-state index contributed by atoms with van der Waals surface area (Å²) < 4.78 is 60.5. The van der Waals surface area contributed by atoms with Gasteiger partial charge in [0.15, 0.2) is 11.3 Å². The molecule has 4 rings (SSSR count). The summed E-state index contributed by atoms with van der Waals surface area (Å²) >= 11 is 0.